The summed E-state index contributed by atoms with van der Waals surface area (Å²) in [7, 11) is 0. The fraction of sp³-hybridized carbons (Fsp3) is 0.0588. The molecule has 0 fully saturated rings. The van der Waals surface area contributed by atoms with Crippen molar-refractivity contribution in [1.82, 2.24) is 0 Å². The highest BCUT2D eigenvalue weighted by Gasteiger charge is 2.36. The van der Waals surface area contributed by atoms with E-state index < -0.39 is 40.7 Å². The lowest BCUT2D eigenvalue weighted by Gasteiger charge is -2.15. The summed E-state index contributed by atoms with van der Waals surface area (Å²) >= 11 is 3.26. The summed E-state index contributed by atoms with van der Waals surface area (Å²) in [5.74, 6) is -11.9. The molecule has 0 unspecified atom stereocenters. The lowest BCUT2D eigenvalue weighted by atomic mass is 10.1. The zero-order valence-corrected chi connectivity index (χ0v) is 14.5. The van der Waals surface area contributed by atoms with Gasteiger partial charge in [0.25, 0.3) is 5.91 Å². The van der Waals surface area contributed by atoms with Gasteiger partial charge in [0.05, 0.1) is 11.3 Å². The Morgan fingerprint density at radius 1 is 1.00 bits per heavy atom. The van der Waals surface area contributed by atoms with Crippen LogP contribution in [0, 0.1) is 29.1 Å². The van der Waals surface area contributed by atoms with Crippen LogP contribution in [-0.4, -0.2) is 11.6 Å². The number of benzene rings is 2. The second-order valence-electron chi connectivity index (χ2n) is 5.33. The van der Waals surface area contributed by atoms with E-state index in [0.717, 1.165) is 4.47 Å². The van der Waals surface area contributed by atoms with Crippen LogP contribution in [0.3, 0.4) is 0 Å². The molecule has 0 atom stereocenters. The first kappa shape index (κ1) is 18.2. The molecule has 0 radical (unpaired) electrons. The molecule has 0 bridgehead atoms. The van der Waals surface area contributed by atoms with E-state index in [2.05, 4.69) is 21.0 Å². The highest BCUT2D eigenvalue weighted by molar-refractivity contribution is 9.10. The number of nitrogens with zero attached hydrogens (tertiary/aromatic N) is 2. The zero-order chi connectivity index (χ0) is 19.2. The van der Waals surface area contributed by atoms with Gasteiger partial charge in [-0.25, -0.2) is 22.0 Å². The third-order valence-electron chi connectivity index (χ3n) is 3.62. The van der Waals surface area contributed by atoms with Crippen LogP contribution in [0.1, 0.15) is 12.5 Å². The first-order valence-electron chi connectivity index (χ1n) is 7.11. The molecule has 0 saturated carbocycles. The van der Waals surface area contributed by atoms with Gasteiger partial charge in [-0.05, 0) is 30.7 Å². The molecule has 0 aliphatic carbocycles. The Kier molecular flexibility index (Phi) is 4.66. The molecule has 9 heteroatoms. The predicted octanol–water partition coefficient (Wildman–Crippen LogP) is 4.95. The number of amides is 1. The maximum atomic E-state index is 14.0. The van der Waals surface area contributed by atoms with Crippen molar-refractivity contribution in [3.05, 3.63) is 69.0 Å². The van der Waals surface area contributed by atoms with Crippen LogP contribution in [0.5, 0.6) is 0 Å². The lowest BCUT2D eigenvalue weighted by molar-refractivity contribution is -0.114. The first-order chi connectivity index (χ1) is 12.2. The Hall–Kier alpha value is -2.55. The number of carbonyl (C=O) groups excluding carboxylic acids is 1. The third kappa shape index (κ3) is 2.92. The highest BCUT2D eigenvalue weighted by atomic mass is 79.9. The van der Waals surface area contributed by atoms with Crippen molar-refractivity contribution >= 4 is 39.3 Å². The van der Waals surface area contributed by atoms with Crippen LogP contribution in [0.4, 0.5) is 27.6 Å². The molecule has 0 saturated heterocycles. The number of anilines is 1. The van der Waals surface area contributed by atoms with Gasteiger partial charge in [-0.15, -0.1) is 0 Å². The standard InChI is InChI=1S/C17H8BrF5N2O/c1-7-10(6-8-3-2-4-9(18)5-8)17(26)25(24-7)16-14(22)12(20)11(19)13(21)15(16)23/h2-6H,1H3/b10-6+. The number of hydrogen-bond acceptors (Lipinski definition) is 2. The molecule has 2 aromatic rings. The molecular weight excluding hydrogens is 423 g/mol. The van der Waals surface area contributed by atoms with Crippen molar-refractivity contribution in [2.45, 2.75) is 6.92 Å². The van der Waals surface area contributed by atoms with Crippen molar-refractivity contribution in [2.75, 3.05) is 5.01 Å². The summed E-state index contributed by atoms with van der Waals surface area (Å²) in [6, 6.07) is 6.79. The summed E-state index contributed by atoms with van der Waals surface area (Å²) in [6.45, 7) is 1.38. The Bertz CT molecular complexity index is 974. The van der Waals surface area contributed by atoms with Crippen LogP contribution >= 0.6 is 15.9 Å². The van der Waals surface area contributed by atoms with Gasteiger partial charge < -0.3 is 0 Å². The molecule has 26 heavy (non-hydrogen) atoms. The van der Waals surface area contributed by atoms with Crippen LogP contribution in [0.25, 0.3) is 6.08 Å². The SMILES string of the molecule is CC1=NN(c2c(F)c(F)c(F)c(F)c2F)C(=O)/C1=C/c1cccc(Br)c1. The minimum Gasteiger partial charge on any atom is -0.267 e. The van der Waals surface area contributed by atoms with E-state index in [-0.39, 0.29) is 16.3 Å². The smallest absolute Gasteiger partial charge is 0.267 e. The number of carbonyl (C=O) groups is 1. The fourth-order valence-corrected chi connectivity index (χ4v) is 2.80. The molecule has 1 heterocycles. The summed E-state index contributed by atoms with van der Waals surface area (Å²) < 4.78 is 68.6. The van der Waals surface area contributed by atoms with E-state index in [1.807, 2.05) is 0 Å². The second kappa shape index (κ2) is 6.64. The number of hydrogen-bond donors (Lipinski definition) is 0. The summed E-state index contributed by atoms with van der Waals surface area (Å²) in [4.78, 5) is 12.5. The minimum atomic E-state index is -2.30. The largest absolute Gasteiger partial charge is 0.280 e. The highest BCUT2D eigenvalue weighted by Crippen LogP contribution is 2.34. The zero-order valence-electron chi connectivity index (χ0n) is 13.0. The van der Waals surface area contributed by atoms with Gasteiger partial charge in [0.1, 0.15) is 5.69 Å². The van der Waals surface area contributed by atoms with Gasteiger partial charge in [0.15, 0.2) is 23.3 Å². The van der Waals surface area contributed by atoms with Crippen molar-refractivity contribution in [2.24, 2.45) is 5.10 Å². The van der Waals surface area contributed by atoms with Crippen LogP contribution < -0.4 is 5.01 Å². The topological polar surface area (TPSA) is 32.7 Å². The molecule has 0 aromatic heterocycles. The second-order valence-corrected chi connectivity index (χ2v) is 6.25. The number of hydrazone groups is 1. The third-order valence-corrected chi connectivity index (χ3v) is 4.11. The van der Waals surface area contributed by atoms with Crippen LogP contribution in [-0.2, 0) is 4.79 Å². The fourth-order valence-electron chi connectivity index (χ4n) is 2.38. The van der Waals surface area contributed by atoms with Crippen LogP contribution in [0.15, 0.2) is 39.4 Å². The minimum absolute atomic E-state index is 0.0351. The molecule has 1 aliphatic rings. The van der Waals surface area contributed by atoms with Crippen molar-refractivity contribution < 1.29 is 26.7 Å². The quantitative estimate of drug-likeness (QED) is 0.287. The summed E-state index contributed by atoms with van der Waals surface area (Å²) in [5.41, 5.74) is -0.800. The van der Waals surface area contributed by atoms with Crippen LogP contribution in [0.2, 0.25) is 0 Å². The van der Waals surface area contributed by atoms with E-state index in [1.54, 1.807) is 24.3 Å². The lowest BCUT2D eigenvalue weighted by Crippen LogP contribution is -2.25. The van der Waals surface area contributed by atoms with Gasteiger partial charge in [-0.2, -0.15) is 10.1 Å². The van der Waals surface area contributed by atoms with E-state index in [9.17, 15) is 26.7 Å². The maximum absolute atomic E-state index is 14.0. The number of rotatable bonds is 2. The van der Waals surface area contributed by atoms with E-state index >= 15 is 0 Å². The van der Waals surface area contributed by atoms with Gasteiger partial charge in [0.2, 0.25) is 5.82 Å². The molecular formula is C17H8BrF5N2O. The van der Waals surface area contributed by atoms with E-state index in [1.165, 1.54) is 13.0 Å². The maximum Gasteiger partial charge on any atom is 0.280 e. The summed E-state index contributed by atoms with van der Waals surface area (Å²) in [6.07, 6.45) is 1.40. The normalized spacial score (nSPS) is 15.8. The summed E-state index contributed by atoms with van der Waals surface area (Å²) in [5, 5.41) is 3.83. The van der Waals surface area contributed by atoms with E-state index in [4.69, 9.17) is 0 Å². The Morgan fingerprint density at radius 3 is 2.15 bits per heavy atom. The molecule has 0 spiro atoms. The first-order valence-corrected chi connectivity index (χ1v) is 7.90. The molecule has 2 aromatic carbocycles. The Balaban J connectivity index is 2.10. The Labute approximate surface area is 152 Å². The molecule has 134 valence electrons. The van der Waals surface area contributed by atoms with Gasteiger partial charge in [-0.3, -0.25) is 4.79 Å². The van der Waals surface area contributed by atoms with Gasteiger partial charge in [-0.1, -0.05) is 28.1 Å². The predicted molar refractivity (Wildman–Crippen MR) is 88.9 cm³/mol. The Morgan fingerprint density at radius 2 is 1.58 bits per heavy atom. The van der Waals surface area contributed by atoms with Gasteiger partial charge in [0, 0.05) is 4.47 Å². The molecule has 1 amide bonds. The average Bonchev–Trinajstić information content (AvgIpc) is 2.87. The average molecular weight is 431 g/mol. The van der Waals surface area contributed by atoms with Crippen molar-refractivity contribution in [3.63, 3.8) is 0 Å². The van der Waals surface area contributed by atoms with Crippen molar-refractivity contribution in [3.8, 4) is 0 Å². The van der Waals surface area contributed by atoms with Crippen molar-refractivity contribution in [1.29, 1.82) is 0 Å². The molecule has 3 rings (SSSR count). The monoisotopic (exact) mass is 430 g/mol. The molecule has 3 nitrogen and oxygen atoms in total. The number of halogens is 6. The molecule has 0 N–H and O–H groups in total. The van der Waals surface area contributed by atoms with Gasteiger partial charge >= 0.3 is 0 Å². The molecule has 1 aliphatic heterocycles. The van der Waals surface area contributed by atoms with E-state index in [0.29, 0.717) is 5.56 Å².